The maximum absolute atomic E-state index is 13.4. The van der Waals surface area contributed by atoms with Crippen LogP contribution in [0.1, 0.15) is 5.56 Å². The summed E-state index contributed by atoms with van der Waals surface area (Å²) in [6.07, 6.45) is 1.70. The number of hydrogen-bond donors (Lipinski definition) is 2. The van der Waals surface area contributed by atoms with Crippen molar-refractivity contribution in [2.75, 3.05) is 11.1 Å². The molecule has 0 spiro atoms. The van der Waals surface area contributed by atoms with E-state index in [-0.39, 0.29) is 5.82 Å². The van der Waals surface area contributed by atoms with Gasteiger partial charge in [0, 0.05) is 23.0 Å². The van der Waals surface area contributed by atoms with Crippen molar-refractivity contribution in [3.63, 3.8) is 0 Å². The molecule has 3 rings (SSSR count). The molecule has 2 aromatic carbocycles. The molecule has 3 nitrogen and oxygen atoms in total. The zero-order chi connectivity index (χ0) is 14.1. The number of halogens is 1. The number of pyridine rings is 1. The van der Waals surface area contributed by atoms with E-state index in [0.717, 1.165) is 22.2 Å². The van der Waals surface area contributed by atoms with Crippen LogP contribution in [0.25, 0.3) is 10.9 Å². The van der Waals surface area contributed by atoms with Crippen molar-refractivity contribution >= 4 is 28.0 Å². The highest BCUT2D eigenvalue weighted by molar-refractivity contribution is 5.99. The molecule has 1 aromatic heterocycles. The van der Waals surface area contributed by atoms with Gasteiger partial charge in [-0.05, 0) is 55.0 Å². The van der Waals surface area contributed by atoms with Crippen molar-refractivity contribution < 1.29 is 4.39 Å². The number of aryl methyl sites for hydroxylation is 1. The van der Waals surface area contributed by atoms with E-state index in [1.165, 1.54) is 12.1 Å². The Morgan fingerprint density at radius 2 is 2.00 bits per heavy atom. The van der Waals surface area contributed by atoms with E-state index in [4.69, 9.17) is 5.73 Å². The number of benzene rings is 2. The highest BCUT2D eigenvalue weighted by Gasteiger charge is 2.06. The average molecular weight is 267 g/mol. The fourth-order valence-corrected chi connectivity index (χ4v) is 2.27. The zero-order valence-corrected chi connectivity index (χ0v) is 11.0. The lowest BCUT2D eigenvalue weighted by molar-refractivity contribution is 0.627. The molecule has 0 aliphatic carbocycles. The first-order chi connectivity index (χ1) is 9.63. The first kappa shape index (κ1) is 12.4. The van der Waals surface area contributed by atoms with Gasteiger partial charge in [-0.2, -0.15) is 0 Å². The minimum atomic E-state index is -0.259. The Kier molecular flexibility index (Phi) is 2.99. The van der Waals surface area contributed by atoms with E-state index in [1.54, 1.807) is 12.3 Å². The number of nitrogens with one attached hydrogen (secondary N) is 1. The van der Waals surface area contributed by atoms with Crippen LogP contribution in [0.3, 0.4) is 0 Å². The topological polar surface area (TPSA) is 50.9 Å². The molecule has 20 heavy (non-hydrogen) atoms. The standard InChI is InChI=1S/C16H14FN3/c1-10-7-11(17)9-12(8-10)20-15-5-4-14(18)16-13(15)3-2-6-19-16/h2-9,20H,18H2,1H3. The molecule has 0 radical (unpaired) electrons. The summed E-state index contributed by atoms with van der Waals surface area (Å²) in [5.74, 6) is -0.259. The van der Waals surface area contributed by atoms with Crippen LogP contribution in [0.4, 0.5) is 21.5 Å². The highest BCUT2D eigenvalue weighted by Crippen LogP contribution is 2.29. The number of nitrogen functional groups attached to an aromatic ring is 1. The monoisotopic (exact) mass is 267 g/mol. The Labute approximate surface area is 116 Å². The van der Waals surface area contributed by atoms with Gasteiger partial charge in [0.15, 0.2) is 0 Å². The van der Waals surface area contributed by atoms with Crippen LogP contribution in [0, 0.1) is 12.7 Å². The lowest BCUT2D eigenvalue weighted by Crippen LogP contribution is -1.96. The van der Waals surface area contributed by atoms with E-state index in [1.807, 2.05) is 31.2 Å². The molecule has 0 amide bonds. The van der Waals surface area contributed by atoms with Crippen LogP contribution < -0.4 is 11.1 Å². The molecule has 1 heterocycles. The number of hydrogen-bond acceptors (Lipinski definition) is 3. The maximum Gasteiger partial charge on any atom is 0.125 e. The summed E-state index contributed by atoms with van der Waals surface area (Å²) in [7, 11) is 0. The summed E-state index contributed by atoms with van der Waals surface area (Å²) in [6.45, 7) is 1.86. The fourth-order valence-electron chi connectivity index (χ4n) is 2.27. The van der Waals surface area contributed by atoms with Gasteiger partial charge >= 0.3 is 0 Å². The van der Waals surface area contributed by atoms with Crippen molar-refractivity contribution in [1.29, 1.82) is 0 Å². The molecule has 0 saturated heterocycles. The Balaban J connectivity index is 2.09. The van der Waals surface area contributed by atoms with E-state index < -0.39 is 0 Å². The lowest BCUT2D eigenvalue weighted by atomic mass is 10.1. The molecular weight excluding hydrogens is 253 g/mol. The normalized spacial score (nSPS) is 10.7. The molecule has 0 aliphatic heterocycles. The van der Waals surface area contributed by atoms with Gasteiger partial charge in [0.2, 0.25) is 0 Å². The number of aromatic nitrogens is 1. The van der Waals surface area contributed by atoms with Crippen molar-refractivity contribution in [1.82, 2.24) is 4.98 Å². The third-order valence-electron chi connectivity index (χ3n) is 3.12. The highest BCUT2D eigenvalue weighted by atomic mass is 19.1. The molecule has 0 atom stereocenters. The molecule has 0 bridgehead atoms. The van der Waals surface area contributed by atoms with Crippen LogP contribution in [-0.2, 0) is 0 Å². The van der Waals surface area contributed by atoms with Crippen molar-refractivity contribution in [2.24, 2.45) is 0 Å². The fraction of sp³-hybridized carbons (Fsp3) is 0.0625. The van der Waals surface area contributed by atoms with Crippen LogP contribution in [0.5, 0.6) is 0 Å². The zero-order valence-electron chi connectivity index (χ0n) is 11.0. The van der Waals surface area contributed by atoms with Gasteiger partial charge in [-0.3, -0.25) is 4.98 Å². The summed E-state index contributed by atoms with van der Waals surface area (Å²) >= 11 is 0. The molecular formula is C16H14FN3. The Morgan fingerprint density at radius 1 is 1.15 bits per heavy atom. The maximum atomic E-state index is 13.4. The summed E-state index contributed by atoms with van der Waals surface area (Å²) in [5, 5.41) is 4.13. The van der Waals surface area contributed by atoms with Crippen LogP contribution in [0.2, 0.25) is 0 Å². The molecule has 3 N–H and O–H groups in total. The average Bonchev–Trinajstić information content (AvgIpc) is 2.41. The van der Waals surface area contributed by atoms with Gasteiger partial charge in [0.1, 0.15) is 5.82 Å². The second-order valence-electron chi connectivity index (χ2n) is 4.74. The minimum absolute atomic E-state index is 0.259. The van der Waals surface area contributed by atoms with Crippen molar-refractivity contribution in [3.05, 3.63) is 60.0 Å². The van der Waals surface area contributed by atoms with Gasteiger partial charge in [0.25, 0.3) is 0 Å². The summed E-state index contributed by atoms with van der Waals surface area (Å²) < 4.78 is 13.4. The van der Waals surface area contributed by atoms with Gasteiger partial charge in [0.05, 0.1) is 11.2 Å². The molecule has 0 unspecified atom stereocenters. The first-order valence-corrected chi connectivity index (χ1v) is 6.31. The number of fused-ring (bicyclic) bond motifs is 1. The molecule has 0 aliphatic rings. The predicted octanol–water partition coefficient (Wildman–Crippen LogP) is 4.01. The van der Waals surface area contributed by atoms with Crippen molar-refractivity contribution in [2.45, 2.75) is 6.92 Å². The van der Waals surface area contributed by atoms with Gasteiger partial charge < -0.3 is 11.1 Å². The molecule has 0 saturated carbocycles. The summed E-state index contributed by atoms with van der Waals surface area (Å²) in [5.41, 5.74) is 9.71. The molecule has 0 fully saturated rings. The molecule has 100 valence electrons. The largest absolute Gasteiger partial charge is 0.397 e. The Bertz CT molecular complexity index is 764. The Hall–Kier alpha value is -2.62. The SMILES string of the molecule is Cc1cc(F)cc(Nc2ccc(N)c3ncccc23)c1. The third-order valence-corrected chi connectivity index (χ3v) is 3.12. The number of nitrogens with two attached hydrogens (primary N) is 1. The van der Waals surface area contributed by atoms with Crippen molar-refractivity contribution in [3.8, 4) is 0 Å². The summed E-state index contributed by atoms with van der Waals surface area (Å²) in [4.78, 5) is 4.28. The van der Waals surface area contributed by atoms with E-state index in [9.17, 15) is 4.39 Å². The molecule has 4 heteroatoms. The smallest absolute Gasteiger partial charge is 0.125 e. The first-order valence-electron chi connectivity index (χ1n) is 6.31. The minimum Gasteiger partial charge on any atom is -0.397 e. The lowest BCUT2D eigenvalue weighted by Gasteiger charge is -2.11. The number of nitrogens with zero attached hydrogens (tertiary/aromatic N) is 1. The second-order valence-corrected chi connectivity index (χ2v) is 4.74. The summed E-state index contributed by atoms with van der Waals surface area (Å²) in [6, 6.07) is 12.3. The van der Waals surface area contributed by atoms with Gasteiger partial charge in [-0.25, -0.2) is 4.39 Å². The third kappa shape index (κ3) is 2.28. The van der Waals surface area contributed by atoms with E-state index in [2.05, 4.69) is 10.3 Å². The number of anilines is 3. The predicted molar refractivity (Wildman–Crippen MR) is 80.6 cm³/mol. The van der Waals surface area contributed by atoms with Gasteiger partial charge in [-0.1, -0.05) is 0 Å². The number of rotatable bonds is 2. The second kappa shape index (κ2) is 4.81. The van der Waals surface area contributed by atoms with E-state index in [0.29, 0.717) is 11.4 Å². The van der Waals surface area contributed by atoms with Gasteiger partial charge in [-0.15, -0.1) is 0 Å². The van der Waals surface area contributed by atoms with Crippen LogP contribution in [0.15, 0.2) is 48.7 Å². The quantitative estimate of drug-likeness (QED) is 0.690. The Morgan fingerprint density at radius 3 is 2.80 bits per heavy atom. The van der Waals surface area contributed by atoms with Crippen LogP contribution in [-0.4, -0.2) is 4.98 Å². The van der Waals surface area contributed by atoms with E-state index >= 15 is 0 Å². The van der Waals surface area contributed by atoms with Crippen LogP contribution >= 0.6 is 0 Å². The molecule has 3 aromatic rings.